The number of thioether (sulfide) groups is 1. The quantitative estimate of drug-likeness (QED) is 0.597. The molecular formula is C25H27ClN2O2S. The molecule has 2 amide bonds. The van der Waals surface area contributed by atoms with Crippen LogP contribution in [0.4, 0.5) is 5.69 Å². The summed E-state index contributed by atoms with van der Waals surface area (Å²) in [6.45, 7) is 4.48. The molecular weight excluding hydrogens is 428 g/mol. The number of amides is 2. The summed E-state index contributed by atoms with van der Waals surface area (Å²) in [5.41, 5.74) is 1.68. The highest BCUT2D eigenvalue weighted by atomic mass is 35.5. The first kappa shape index (κ1) is 22.0. The van der Waals surface area contributed by atoms with Crippen LogP contribution in [-0.4, -0.2) is 24.4 Å². The van der Waals surface area contributed by atoms with E-state index >= 15 is 0 Å². The van der Waals surface area contributed by atoms with E-state index in [2.05, 4.69) is 19.2 Å². The standard InChI is InChI=1S/C25H27ClN2O2S/c1-16-6-5-7-20(17(16)2)27-24(29)15-28-21-8-3-4-9-22(21)31-23(25(28)30)14-18-10-12-19(26)13-11-18/h3-4,8-14,16-17,20H,5-7,15H2,1-2H3,(H,27,29)/b23-14+/t16-,17-,20+/m1/s1. The van der Waals surface area contributed by atoms with Crippen molar-refractivity contribution in [2.45, 2.75) is 44.0 Å². The largest absolute Gasteiger partial charge is 0.352 e. The fourth-order valence-corrected chi connectivity index (χ4v) is 5.50. The maximum Gasteiger partial charge on any atom is 0.265 e. The summed E-state index contributed by atoms with van der Waals surface area (Å²) in [4.78, 5) is 29.4. The van der Waals surface area contributed by atoms with Gasteiger partial charge in [0, 0.05) is 16.0 Å². The fourth-order valence-electron chi connectivity index (χ4n) is 4.31. The third kappa shape index (κ3) is 4.99. The molecule has 0 aromatic heterocycles. The van der Waals surface area contributed by atoms with Crippen molar-refractivity contribution in [3.8, 4) is 0 Å². The van der Waals surface area contributed by atoms with Crippen molar-refractivity contribution in [2.24, 2.45) is 11.8 Å². The molecule has 1 saturated carbocycles. The minimum absolute atomic E-state index is 0.0198. The third-order valence-electron chi connectivity index (χ3n) is 6.35. The van der Waals surface area contributed by atoms with Crippen LogP contribution in [0.1, 0.15) is 38.7 Å². The number of halogens is 1. The summed E-state index contributed by atoms with van der Waals surface area (Å²) in [6, 6.07) is 15.3. The first-order valence-corrected chi connectivity index (χ1v) is 12.0. The van der Waals surface area contributed by atoms with Crippen LogP contribution >= 0.6 is 23.4 Å². The van der Waals surface area contributed by atoms with E-state index in [9.17, 15) is 9.59 Å². The average molecular weight is 455 g/mol. The maximum absolute atomic E-state index is 13.3. The van der Waals surface area contributed by atoms with Gasteiger partial charge in [-0.3, -0.25) is 14.5 Å². The third-order valence-corrected chi connectivity index (χ3v) is 7.68. The van der Waals surface area contributed by atoms with Crippen molar-refractivity contribution in [1.29, 1.82) is 0 Å². The second-order valence-corrected chi connectivity index (χ2v) is 9.98. The Morgan fingerprint density at radius 3 is 2.68 bits per heavy atom. The summed E-state index contributed by atoms with van der Waals surface area (Å²) in [5, 5.41) is 3.85. The number of hydrogen-bond donors (Lipinski definition) is 1. The second kappa shape index (κ2) is 9.49. The van der Waals surface area contributed by atoms with E-state index in [4.69, 9.17) is 11.6 Å². The van der Waals surface area contributed by atoms with Gasteiger partial charge in [0.2, 0.25) is 5.91 Å². The van der Waals surface area contributed by atoms with Crippen LogP contribution < -0.4 is 10.2 Å². The molecule has 1 aliphatic carbocycles. The van der Waals surface area contributed by atoms with Gasteiger partial charge >= 0.3 is 0 Å². The number of nitrogens with zero attached hydrogens (tertiary/aromatic N) is 1. The Hall–Kier alpha value is -2.24. The molecule has 1 fully saturated rings. The lowest BCUT2D eigenvalue weighted by atomic mass is 9.78. The molecule has 2 aromatic rings. The topological polar surface area (TPSA) is 49.4 Å². The molecule has 1 N–H and O–H groups in total. The Bertz CT molecular complexity index is 1000. The Balaban J connectivity index is 1.56. The predicted molar refractivity (Wildman–Crippen MR) is 128 cm³/mol. The van der Waals surface area contributed by atoms with E-state index in [0.717, 1.165) is 29.0 Å². The summed E-state index contributed by atoms with van der Waals surface area (Å²) in [5.74, 6) is 0.783. The number of fused-ring (bicyclic) bond motifs is 1. The molecule has 162 valence electrons. The van der Waals surface area contributed by atoms with Crippen LogP contribution in [0.25, 0.3) is 6.08 Å². The van der Waals surface area contributed by atoms with Crippen LogP contribution in [-0.2, 0) is 9.59 Å². The minimum Gasteiger partial charge on any atom is -0.352 e. The molecule has 0 spiro atoms. The van der Waals surface area contributed by atoms with Crippen LogP contribution in [0.5, 0.6) is 0 Å². The number of hydrogen-bond acceptors (Lipinski definition) is 3. The molecule has 4 rings (SSSR count). The zero-order chi connectivity index (χ0) is 22.0. The van der Waals surface area contributed by atoms with Crippen molar-refractivity contribution in [3.63, 3.8) is 0 Å². The van der Waals surface area contributed by atoms with Gasteiger partial charge in [0.15, 0.2) is 0 Å². The predicted octanol–water partition coefficient (Wildman–Crippen LogP) is 5.76. The van der Waals surface area contributed by atoms with Gasteiger partial charge in [-0.1, -0.05) is 74.3 Å². The van der Waals surface area contributed by atoms with Gasteiger partial charge in [-0.25, -0.2) is 0 Å². The molecule has 2 aromatic carbocycles. The Morgan fingerprint density at radius 2 is 1.90 bits per heavy atom. The SMILES string of the molecule is C[C@@H]1[C@H](C)CCC[C@@H]1NC(=O)CN1C(=O)/C(=C\c2ccc(Cl)cc2)Sc2ccccc21. The molecule has 4 nitrogen and oxygen atoms in total. The highest BCUT2D eigenvalue weighted by Crippen LogP contribution is 2.42. The van der Waals surface area contributed by atoms with Gasteiger partial charge in [0.1, 0.15) is 6.54 Å². The monoisotopic (exact) mass is 454 g/mol. The average Bonchev–Trinajstić information content (AvgIpc) is 2.76. The van der Waals surface area contributed by atoms with Crippen molar-refractivity contribution >= 4 is 46.9 Å². The smallest absolute Gasteiger partial charge is 0.265 e. The van der Waals surface area contributed by atoms with E-state index < -0.39 is 0 Å². The van der Waals surface area contributed by atoms with Crippen LogP contribution in [0, 0.1) is 11.8 Å². The number of carbonyl (C=O) groups is 2. The number of para-hydroxylation sites is 1. The van der Waals surface area contributed by atoms with Crippen LogP contribution in [0.15, 0.2) is 58.3 Å². The number of anilines is 1. The van der Waals surface area contributed by atoms with Crippen LogP contribution in [0.2, 0.25) is 5.02 Å². The van der Waals surface area contributed by atoms with Gasteiger partial charge in [0.05, 0.1) is 10.6 Å². The van der Waals surface area contributed by atoms with Crippen molar-refractivity contribution < 1.29 is 9.59 Å². The first-order valence-electron chi connectivity index (χ1n) is 10.8. The van der Waals surface area contributed by atoms with E-state index in [1.165, 1.54) is 18.2 Å². The molecule has 0 unspecified atom stereocenters. The number of rotatable bonds is 4. The highest BCUT2D eigenvalue weighted by molar-refractivity contribution is 8.04. The van der Waals surface area contributed by atoms with Crippen molar-refractivity contribution in [1.82, 2.24) is 5.32 Å². The first-order chi connectivity index (χ1) is 14.9. The summed E-state index contributed by atoms with van der Waals surface area (Å²) < 4.78 is 0. The molecule has 31 heavy (non-hydrogen) atoms. The van der Waals surface area contributed by atoms with Gasteiger partial charge < -0.3 is 5.32 Å². The van der Waals surface area contributed by atoms with Gasteiger partial charge in [0.25, 0.3) is 5.91 Å². The molecule has 3 atom stereocenters. The number of benzene rings is 2. The normalized spacial score (nSPS) is 24.7. The van der Waals surface area contributed by atoms with E-state index in [1.54, 1.807) is 17.0 Å². The molecule has 1 aliphatic heterocycles. The molecule has 0 saturated heterocycles. The van der Waals surface area contributed by atoms with Crippen molar-refractivity contribution in [2.75, 3.05) is 11.4 Å². The van der Waals surface area contributed by atoms with Crippen LogP contribution in [0.3, 0.4) is 0 Å². The Morgan fingerprint density at radius 1 is 1.16 bits per heavy atom. The molecule has 2 aliphatic rings. The van der Waals surface area contributed by atoms with Gasteiger partial charge in [-0.15, -0.1) is 0 Å². The van der Waals surface area contributed by atoms with Crippen molar-refractivity contribution in [3.05, 3.63) is 64.0 Å². The summed E-state index contributed by atoms with van der Waals surface area (Å²) >= 11 is 7.42. The second-order valence-electron chi connectivity index (χ2n) is 8.46. The zero-order valence-corrected chi connectivity index (χ0v) is 19.4. The lowest BCUT2D eigenvalue weighted by Crippen LogP contribution is -2.49. The number of nitrogens with one attached hydrogen (secondary N) is 1. The maximum atomic E-state index is 13.3. The zero-order valence-electron chi connectivity index (χ0n) is 17.8. The Kier molecular flexibility index (Phi) is 6.73. The molecule has 6 heteroatoms. The van der Waals surface area contributed by atoms with E-state index in [-0.39, 0.29) is 24.4 Å². The fraction of sp³-hybridized carbons (Fsp3) is 0.360. The van der Waals surface area contributed by atoms with E-state index in [1.807, 2.05) is 42.5 Å². The minimum atomic E-state index is -0.154. The Labute approximate surface area is 193 Å². The lowest BCUT2D eigenvalue weighted by molar-refractivity contribution is -0.123. The van der Waals surface area contributed by atoms with Gasteiger partial charge in [-0.2, -0.15) is 0 Å². The van der Waals surface area contributed by atoms with Gasteiger partial charge in [-0.05, 0) is 54.2 Å². The molecule has 0 radical (unpaired) electrons. The van der Waals surface area contributed by atoms with E-state index in [0.29, 0.717) is 21.8 Å². The summed E-state index contributed by atoms with van der Waals surface area (Å²) in [7, 11) is 0. The highest BCUT2D eigenvalue weighted by Gasteiger charge is 2.32. The number of carbonyl (C=O) groups excluding carboxylic acids is 2. The lowest BCUT2D eigenvalue weighted by Gasteiger charge is -2.35. The summed E-state index contributed by atoms with van der Waals surface area (Å²) in [6.07, 6.45) is 5.20. The molecule has 0 bridgehead atoms. The molecule has 1 heterocycles.